The molecule has 114 valence electrons. The third kappa shape index (κ3) is 3.98. The summed E-state index contributed by atoms with van der Waals surface area (Å²) in [5, 5.41) is 0. The number of carbonyl (C=O) groups excluding carboxylic acids is 1. The Hall–Kier alpha value is -2.07. The number of methoxy groups -OCH3 is 1. The first-order chi connectivity index (χ1) is 10.7. The molecule has 2 aromatic carbocycles. The van der Waals surface area contributed by atoms with Gasteiger partial charge in [-0.15, -0.1) is 0 Å². The van der Waals surface area contributed by atoms with E-state index in [9.17, 15) is 4.79 Å². The van der Waals surface area contributed by atoms with Crippen molar-refractivity contribution in [1.29, 1.82) is 0 Å². The molecule has 0 amide bonds. The second kappa shape index (κ2) is 7.80. The highest BCUT2D eigenvalue weighted by Crippen LogP contribution is 2.28. The van der Waals surface area contributed by atoms with Crippen molar-refractivity contribution in [2.24, 2.45) is 0 Å². The second-order valence-electron chi connectivity index (χ2n) is 4.52. The van der Waals surface area contributed by atoms with Gasteiger partial charge < -0.3 is 9.47 Å². The van der Waals surface area contributed by atoms with Crippen molar-refractivity contribution in [3.8, 4) is 11.5 Å². The molecular formula is C18H17BrO3. The third-order valence-corrected chi connectivity index (χ3v) is 3.75. The van der Waals surface area contributed by atoms with E-state index < -0.39 is 0 Å². The number of hydrogen-bond acceptors (Lipinski definition) is 3. The molecule has 0 aliphatic heterocycles. The first-order valence-corrected chi connectivity index (χ1v) is 7.72. The molecule has 0 aliphatic rings. The summed E-state index contributed by atoms with van der Waals surface area (Å²) in [5.74, 6) is 1.29. The van der Waals surface area contributed by atoms with Crippen molar-refractivity contribution < 1.29 is 14.3 Å². The van der Waals surface area contributed by atoms with Crippen molar-refractivity contribution >= 4 is 27.8 Å². The fourth-order valence-corrected chi connectivity index (χ4v) is 2.47. The topological polar surface area (TPSA) is 35.5 Å². The van der Waals surface area contributed by atoms with Gasteiger partial charge in [-0.3, -0.25) is 4.79 Å². The molecule has 0 N–H and O–H groups in total. The van der Waals surface area contributed by atoms with Gasteiger partial charge in [-0.25, -0.2) is 0 Å². The van der Waals surface area contributed by atoms with E-state index >= 15 is 0 Å². The molecule has 0 saturated heterocycles. The third-order valence-electron chi connectivity index (χ3n) is 3.05. The lowest BCUT2D eigenvalue weighted by molar-refractivity contribution is 0.104. The van der Waals surface area contributed by atoms with Crippen molar-refractivity contribution in [3.05, 3.63) is 64.1 Å². The maximum atomic E-state index is 12.2. The lowest BCUT2D eigenvalue weighted by atomic mass is 10.1. The number of carbonyl (C=O) groups is 1. The highest BCUT2D eigenvalue weighted by molar-refractivity contribution is 9.10. The zero-order valence-electron chi connectivity index (χ0n) is 12.5. The minimum atomic E-state index is -0.0544. The van der Waals surface area contributed by atoms with E-state index in [-0.39, 0.29) is 5.78 Å². The Balaban J connectivity index is 2.21. The number of rotatable bonds is 6. The Kier molecular flexibility index (Phi) is 5.78. The summed E-state index contributed by atoms with van der Waals surface area (Å²) in [4.78, 5) is 12.2. The van der Waals surface area contributed by atoms with Gasteiger partial charge in [0.05, 0.1) is 13.7 Å². The molecule has 0 radical (unpaired) electrons. The molecule has 0 spiro atoms. The predicted molar refractivity (Wildman–Crippen MR) is 91.7 cm³/mol. The Morgan fingerprint density at radius 1 is 1.18 bits per heavy atom. The van der Waals surface area contributed by atoms with Crippen LogP contribution in [-0.4, -0.2) is 19.5 Å². The summed E-state index contributed by atoms with van der Waals surface area (Å²) in [6.07, 6.45) is 3.32. The van der Waals surface area contributed by atoms with Gasteiger partial charge in [0.25, 0.3) is 0 Å². The number of allylic oxidation sites excluding steroid dienone is 1. The van der Waals surface area contributed by atoms with Crippen molar-refractivity contribution in [2.75, 3.05) is 13.7 Å². The van der Waals surface area contributed by atoms with Gasteiger partial charge in [0.15, 0.2) is 17.3 Å². The van der Waals surface area contributed by atoms with E-state index in [1.807, 2.05) is 43.3 Å². The number of hydrogen-bond donors (Lipinski definition) is 0. The minimum Gasteiger partial charge on any atom is -0.493 e. The van der Waals surface area contributed by atoms with E-state index in [1.54, 1.807) is 25.3 Å². The lowest BCUT2D eigenvalue weighted by Gasteiger charge is -2.09. The van der Waals surface area contributed by atoms with Crippen LogP contribution in [0, 0.1) is 0 Å². The predicted octanol–water partition coefficient (Wildman–Crippen LogP) is 4.75. The van der Waals surface area contributed by atoms with Crippen molar-refractivity contribution in [2.45, 2.75) is 6.92 Å². The summed E-state index contributed by atoms with van der Waals surface area (Å²) in [5.41, 5.74) is 1.52. The van der Waals surface area contributed by atoms with Gasteiger partial charge in [0.1, 0.15) is 0 Å². The average Bonchev–Trinajstić information content (AvgIpc) is 2.53. The monoisotopic (exact) mass is 360 g/mol. The summed E-state index contributed by atoms with van der Waals surface area (Å²) in [7, 11) is 1.60. The van der Waals surface area contributed by atoms with Crippen LogP contribution in [0.5, 0.6) is 11.5 Å². The second-order valence-corrected chi connectivity index (χ2v) is 5.38. The molecule has 2 aromatic rings. The Labute approximate surface area is 138 Å². The molecule has 2 rings (SSSR count). The quantitative estimate of drug-likeness (QED) is 0.550. The van der Waals surface area contributed by atoms with Crippen LogP contribution in [0.25, 0.3) is 6.08 Å². The smallest absolute Gasteiger partial charge is 0.186 e. The van der Waals surface area contributed by atoms with Gasteiger partial charge in [-0.1, -0.05) is 40.2 Å². The zero-order chi connectivity index (χ0) is 15.9. The highest BCUT2D eigenvalue weighted by Gasteiger charge is 2.07. The van der Waals surface area contributed by atoms with Crippen LogP contribution in [0.3, 0.4) is 0 Å². The SMILES string of the molecule is CCOc1cc(/C=C/C(=O)c2ccccc2Br)ccc1OC. The maximum absolute atomic E-state index is 12.2. The van der Waals surface area contributed by atoms with Crippen LogP contribution in [0.4, 0.5) is 0 Å². The molecule has 0 atom stereocenters. The van der Waals surface area contributed by atoms with E-state index in [1.165, 1.54) is 0 Å². The zero-order valence-corrected chi connectivity index (χ0v) is 14.1. The van der Waals surface area contributed by atoms with E-state index in [4.69, 9.17) is 9.47 Å². The fraction of sp³-hybridized carbons (Fsp3) is 0.167. The van der Waals surface area contributed by atoms with Crippen LogP contribution in [0.15, 0.2) is 53.0 Å². The first kappa shape index (κ1) is 16.3. The van der Waals surface area contributed by atoms with E-state index in [0.29, 0.717) is 23.7 Å². The van der Waals surface area contributed by atoms with Gasteiger partial charge in [-0.05, 0) is 42.8 Å². The minimum absolute atomic E-state index is 0.0544. The molecule has 3 nitrogen and oxygen atoms in total. The number of ketones is 1. The maximum Gasteiger partial charge on any atom is 0.186 e. The Bertz CT molecular complexity index is 692. The standard InChI is InChI=1S/C18H17BrO3/c1-3-22-18-12-13(9-11-17(18)21-2)8-10-16(20)14-6-4-5-7-15(14)19/h4-12H,3H2,1-2H3/b10-8+. The molecule has 4 heteroatoms. The molecule has 22 heavy (non-hydrogen) atoms. The van der Waals surface area contributed by atoms with Gasteiger partial charge in [-0.2, -0.15) is 0 Å². The molecule has 0 unspecified atom stereocenters. The van der Waals surface area contributed by atoms with Crippen LogP contribution in [0.1, 0.15) is 22.8 Å². The van der Waals surface area contributed by atoms with Gasteiger partial charge in [0, 0.05) is 10.0 Å². The average molecular weight is 361 g/mol. The van der Waals surface area contributed by atoms with E-state index in [2.05, 4.69) is 15.9 Å². The lowest BCUT2D eigenvalue weighted by Crippen LogP contribution is -1.96. The molecule has 0 aliphatic carbocycles. The Morgan fingerprint density at radius 3 is 2.64 bits per heavy atom. The molecule has 0 bridgehead atoms. The van der Waals surface area contributed by atoms with Crippen molar-refractivity contribution in [1.82, 2.24) is 0 Å². The van der Waals surface area contributed by atoms with E-state index in [0.717, 1.165) is 10.0 Å². The molecular weight excluding hydrogens is 344 g/mol. The molecule has 0 fully saturated rings. The molecule has 0 aromatic heterocycles. The summed E-state index contributed by atoms with van der Waals surface area (Å²) < 4.78 is 11.6. The number of ether oxygens (including phenoxy) is 2. The van der Waals surface area contributed by atoms with Crippen LogP contribution in [-0.2, 0) is 0 Å². The largest absolute Gasteiger partial charge is 0.493 e. The summed E-state index contributed by atoms with van der Waals surface area (Å²) >= 11 is 3.38. The molecule has 0 saturated carbocycles. The summed E-state index contributed by atoms with van der Waals surface area (Å²) in [6.45, 7) is 2.47. The van der Waals surface area contributed by atoms with Gasteiger partial charge in [0.2, 0.25) is 0 Å². The van der Waals surface area contributed by atoms with Crippen molar-refractivity contribution in [3.63, 3.8) is 0 Å². The fourth-order valence-electron chi connectivity index (χ4n) is 1.99. The highest BCUT2D eigenvalue weighted by atomic mass is 79.9. The Morgan fingerprint density at radius 2 is 1.95 bits per heavy atom. The van der Waals surface area contributed by atoms with Crippen LogP contribution >= 0.6 is 15.9 Å². The van der Waals surface area contributed by atoms with Crippen LogP contribution in [0.2, 0.25) is 0 Å². The van der Waals surface area contributed by atoms with Gasteiger partial charge >= 0.3 is 0 Å². The summed E-state index contributed by atoms with van der Waals surface area (Å²) in [6, 6.07) is 12.9. The molecule has 0 heterocycles. The first-order valence-electron chi connectivity index (χ1n) is 6.93. The van der Waals surface area contributed by atoms with Crippen LogP contribution < -0.4 is 9.47 Å². The normalized spacial score (nSPS) is 10.7. The number of benzene rings is 2. The number of halogens is 1.